The normalized spacial score (nSPS) is 20.3. The average Bonchev–Trinajstić information content (AvgIpc) is 4.21. The van der Waals surface area contributed by atoms with Crippen molar-refractivity contribution in [2.45, 2.75) is 74.8 Å². The van der Waals surface area contributed by atoms with Gasteiger partial charge in [0.2, 0.25) is 10.0 Å². The van der Waals surface area contributed by atoms with Gasteiger partial charge in [0.1, 0.15) is 24.6 Å². The molecule has 376 valence electrons. The van der Waals surface area contributed by atoms with Crippen LogP contribution in [0.25, 0.3) is 0 Å². The highest BCUT2D eigenvalue weighted by Gasteiger charge is 2.37. The van der Waals surface area contributed by atoms with Gasteiger partial charge in [-0.05, 0) is 115 Å². The molecular formula is C53H56Cl2F2N4O9S. The molecule has 10 rings (SSSR count). The molecule has 0 radical (unpaired) electrons. The Labute approximate surface area is 422 Å². The van der Waals surface area contributed by atoms with Gasteiger partial charge < -0.3 is 23.7 Å². The summed E-state index contributed by atoms with van der Waals surface area (Å²) >= 11 is 12.9. The highest BCUT2D eigenvalue weighted by atomic mass is 35.5. The molecule has 5 aliphatic rings. The summed E-state index contributed by atoms with van der Waals surface area (Å²) in [6.07, 6.45) is 6.15. The third kappa shape index (κ3) is 13.2. The van der Waals surface area contributed by atoms with E-state index in [1.807, 2.05) is 59.5 Å². The molecule has 1 saturated carbocycles. The van der Waals surface area contributed by atoms with Crippen molar-refractivity contribution in [3.63, 3.8) is 0 Å². The van der Waals surface area contributed by atoms with Gasteiger partial charge in [0.25, 0.3) is 0 Å². The second-order valence-electron chi connectivity index (χ2n) is 18.6. The quantitative estimate of drug-likeness (QED) is 0.0648. The fourth-order valence-corrected chi connectivity index (χ4v) is 11.5. The van der Waals surface area contributed by atoms with Crippen LogP contribution in [0.3, 0.4) is 0 Å². The number of piperidine rings is 3. The Bertz CT molecular complexity index is 2720. The van der Waals surface area contributed by atoms with Gasteiger partial charge >= 0.3 is 18.6 Å². The van der Waals surface area contributed by atoms with Gasteiger partial charge in [-0.3, -0.25) is 24.4 Å². The zero-order valence-corrected chi connectivity index (χ0v) is 41.4. The smallest absolute Gasteiger partial charge is 0.387 e. The monoisotopic (exact) mass is 1030 g/mol. The second-order valence-corrected chi connectivity index (χ2v) is 21.4. The molecule has 5 fully saturated rings. The molecule has 5 heterocycles. The van der Waals surface area contributed by atoms with Gasteiger partial charge in [-0.25, -0.2) is 8.42 Å². The number of carbonyl (C=O) groups is 2. The summed E-state index contributed by atoms with van der Waals surface area (Å²) in [5, 5.41) is 0.513. The van der Waals surface area contributed by atoms with Gasteiger partial charge in [-0.1, -0.05) is 83.9 Å². The van der Waals surface area contributed by atoms with E-state index < -0.39 is 28.7 Å². The van der Waals surface area contributed by atoms with Crippen molar-refractivity contribution in [1.82, 2.24) is 19.1 Å². The number of carbonyl (C=O) groups excluding carboxylic acids is 2. The predicted molar refractivity (Wildman–Crippen MR) is 262 cm³/mol. The summed E-state index contributed by atoms with van der Waals surface area (Å²) < 4.78 is 84.7. The standard InChI is InChI=1S/C53H56Cl2F2N4O9S/c54-45-29-58-30-46(55)44(45)27-48(40-13-16-47(70-53(56)57)49(26-40)67-34-35-9-10-35)68-52(63)32-60-21-23-61(24-22-60)71(64,65)42-14-11-36(12-15-42)33-66-41-8-4-7-39(25-41)43(37-5-2-1-3-6-37)28-51(62)69-50-31-59-19-17-38(50)18-20-59/h1-8,11-16,25-26,29-30,35,38,43,48,50,53H,9-10,17-24,27-28,31-34H2/t43-,48-,50-/m0/s1. The lowest BCUT2D eigenvalue weighted by Gasteiger charge is -2.44. The number of alkyl halides is 2. The third-order valence-electron chi connectivity index (χ3n) is 13.7. The maximum Gasteiger partial charge on any atom is 0.387 e. The Morgan fingerprint density at radius 1 is 0.746 bits per heavy atom. The Kier molecular flexibility index (Phi) is 16.4. The molecule has 0 amide bonds. The van der Waals surface area contributed by atoms with E-state index in [-0.39, 0.29) is 96.6 Å². The Balaban J connectivity index is 0.793. The van der Waals surface area contributed by atoms with E-state index in [1.165, 1.54) is 34.9 Å². The number of ether oxygens (including phenoxy) is 5. The zero-order valence-electron chi connectivity index (χ0n) is 39.1. The number of hydrogen-bond donors (Lipinski definition) is 0. The molecule has 3 atom stereocenters. The molecule has 0 unspecified atom stereocenters. The van der Waals surface area contributed by atoms with Crippen LogP contribution in [0.2, 0.25) is 10.0 Å². The number of pyridine rings is 1. The number of fused-ring (bicyclic) bond motifs is 3. The van der Waals surface area contributed by atoms with Crippen molar-refractivity contribution >= 4 is 45.2 Å². The first-order valence-electron chi connectivity index (χ1n) is 24.0. The lowest BCUT2D eigenvalue weighted by atomic mass is 9.85. The number of hydrogen-bond acceptors (Lipinski definition) is 12. The molecule has 0 spiro atoms. The SMILES string of the molecule is O=C(CN1CCN(S(=O)(=O)c2ccc(COc3cccc([C@@H](CC(=O)O[C@H]4CN5CCC4CC5)c4ccccc4)c3)cc2)CC1)O[C@@H](Cc1c(Cl)cncc1Cl)c1ccc(OC(F)F)c(OCC2CC2)c1. The summed E-state index contributed by atoms with van der Waals surface area (Å²) in [5.41, 5.74) is 3.62. The first-order chi connectivity index (χ1) is 34.3. The van der Waals surface area contributed by atoms with Crippen molar-refractivity contribution in [3.05, 3.63) is 147 Å². The van der Waals surface area contributed by atoms with Crippen molar-refractivity contribution < 1.29 is 50.5 Å². The maximum absolute atomic E-state index is 13.8. The lowest BCUT2D eigenvalue weighted by molar-refractivity contribution is -0.159. The topological polar surface area (TPSA) is 137 Å². The molecule has 2 bridgehead atoms. The van der Waals surface area contributed by atoms with E-state index in [0.29, 0.717) is 35.3 Å². The van der Waals surface area contributed by atoms with Gasteiger partial charge in [-0.2, -0.15) is 13.1 Å². The molecular weight excluding hydrogens is 978 g/mol. The first-order valence-corrected chi connectivity index (χ1v) is 26.2. The summed E-state index contributed by atoms with van der Waals surface area (Å²) in [5.74, 6) is 0.272. The molecule has 71 heavy (non-hydrogen) atoms. The van der Waals surface area contributed by atoms with Crippen LogP contribution < -0.4 is 14.2 Å². The fraction of sp³-hybridized carbons (Fsp3) is 0.415. The van der Waals surface area contributed by atoms with Crippen molar-refractivity contribution in [2.24, 2.45) is 11.8 Å². The van der Waals surface area contributed by atoms with E-state index in [4.69, 9.17) is 46.9 Å². The third-order valence-corrected chi connectivity index (χ3v) is 16.3. The van der Waals surface area contributed by atoms with Crippen molar-refractivity contribution in [1.29, 1.82) is 0 Å². The van der Waals surface area contributed by atoms with Crippen molar-refractivity contribution in [2.75, 3.05) is 59.0 Å². The molecule has 4 saturated heterocycles. The molecule has 1 aromatic heterocycles. The number of aromatic nitrogens is 1. The summed E-state index contributed by atoms with van der Waals surface area (Å²) in [6.45, 7) is 1.03. The van der Waals surface area contributed by atoms with E-state index in [9.17, 15) is 26.8 Å². The van der Waals surface area contributed by atoms with Crippen LogP contribution in [-0.2, 0) is 42.1 Å². The van der Waals surface area contributed by atoms with Crippen LogP contribution in [0.5, 0.6) is 17.2 Å². The summed E-state index contributed by atoms with van der Waals surface area (Å²) in [7, 11) is -3.87. The number of esters is 2. The highest BCUT2D eigenvalue weighted by molar-refractivity contribution is 7.89. The number of benzene rings is 4. The fourth-order valence-electron chi connectivity index (χ4n) is 9.51. The van der Waals surface area contributed by atoms with E-state index in [2.05, 4.69) is 9.88 Å². The molecule has 5 aromatic rings. The highest BCUT2D eigenvalue weighted by Crippen LogP contribution is 2.39. The van der Waals surface area contributed by atoms with Crippen LogP contribution in [0.15, 0.2) is 114 Å². The largest absolute Gasteiger partial charge is 0.489 e. The second kappa shape index (κ2) is 23.0. The molecule has 1 aliphatic carbocycles. The number of nitrogens with zero attached hydrogens (tertiary/aromatic N) is 4. The predicted octanol–water partition coefficient (Wildman–Crippen LogP) is 9.35. The molecule has 13 nitrogen and oxygen atoms in total. The van der Waals surface area contributed by atoms with Gasteiger partial charge in [0, 0.05) is 57.5 Å². The molecule has 0 N–H and O–H groups in total. The van der Waals surface area contributed by atoms with E-state index >= 15 is 0 Å². The van der Waals surface area contributed by atoms with Gasteiger partial charge in [-0.15, -0.1) is 0 Å². The summed E-state index contributed by atoms with van der Waals surface area (Å²) in [6, 6.07) is 28.6. The van der Waals surface area contributed by atoms with Gasteiger partial charge in [0.15, 0.2) is 11.5 Å². The summed E-state index contributed by atoms with van der Waals surface area (Å²) in [4.78, 5) is 35.4. The van der Waals surface area contributed by atoms with Crippen LogP contribution in [0.4, 0.5) is 8.78 Å². The van der Waals surface area contributed by atoms with E-state index in [0.717, 1.165) is 62.0 Å². The minimum Gasteiger partial charge on any atom is -0.489 e. The minimum absolute atomic E-state index is 0.0432. The van der Waals surface area contributed by atoms with Crippen LogP contribution in [0.1, 0.15) is 71.9 Å². The van der Waals surface area contributed by atoms with Gasteiger partial charge in [0.05, 0.1) is 34.5 Å². The Hall–Kier alpha value is -5.36. The van der Waals surface area contributed by atoms with Crippen LogP contribution in [0, 0.1) is 11.8 Å². The lowest BCUT2D eigenvalue weighted by Crippen LogP contribution is -2.52. The van der Waals surface area contributed by atoms with E-state index in [1.54, 1.807) is 24.3 Å². The Morgan fingerprint density at radius 3 is 2.14 bits per heavy atom. The number of sulfonamides is 1. The molecule has 18 heteroatoms. The number of piperazine rings is 1. The Morgan fingerprint density at radius 2 is 1.46 bits per heavy atom. The van der Waals surface area contributed by atoms with Crippen molar-refractivity contribution in [3.8, 4) is 17.2 Å². The molecule has 4 aliphatic heterocycles. The number of halogens is 4. The van der Waals surface area contributed by atoms with Crippen LogP contribution in [-0.4, -0.2) is 111 Å². The van der Waals surface area contributed by atoms with Crippen LogP contribution >= 0.6 is 23.2 Å². The molecule has 4 aromatic carbocycles. The zero-order chi connectivity index (χ0) is 49.5. The maximum atomic E-state index is 13.8. The number of rotatable bonds is 21. The first kappa shape index (κ1) is 50.6. The minimum atomic E-state index is -3.87. The average molecular weight is 1030 g/mol.